The Bertz CT molecular complexity index is 1480. The third-order valence-electron chi connectivity index (χ3n) is 5.14. The van der Waals surface area contributed by atoms with E-state index in [1.54, 1.807) is 42.5 Å². The molecule has 0 fully saturated rings. The Kier molecular flexibility index (Phi) is 5.99. The fourth-order valence-electron chi connectivity index (χ4n) is 3.49. The highest BCUT2D eigenvalue weighted by atomic mass is 19.4. The Morgan fingerprint density at radius 2 is 1.47 bits per heavy atom. The topological polar surface area (TPSA) is 90.4 Å². The Morgan fingerprint density at radius 1 is 0.806 bits per heavy atom. The summed E-state index contributed by atoms with van der Waals surface area (Å²) in [4.78, 5) is 12.7. The van der Waals surface area contributed by atoms with Crippen LogP contribution in [0.1, 0.15) is 10.4 Å². The van der Waals surface area contributed by atoms with Crippen LogP contribution in [0, 0.1) is 0 Å². The van der Waals surface area contributed by atoms with Crippen LogP contribution in [0.25, 0.3) is 33.9 Å². The van der Waals surface area contributed by atoms with Crippen LogP contribution in [0.15, 0.2) is 100 Å². The number of rotatable bonds is 6. The fourth-order valence-corrected chi connectivity index (χ4v) is 3.49. The molecule has 0 bridgehead atoms. The number of anilines is 1. The van der Waals surface area contributed by atoms with Gasteiger partial charge < -0.3 is 13.6 Å². The molecule has 0 atom stereocenters. The first-order chi connectivity index (χ1) is 17.3. The Balaban J connectivity index is 1.28. The summed E-state index contributed by atoms with van der Waals surface area (Å²) in [5.74, 6) is -0.175. The number of hydrogen-bond acceptors (Lipinski definition) is 6. The first-order valence-corrected chi connectivity index (χ1v) is 10.6. The average Bonchev–Trinajstić information content (AvgIpc) is 3.56. The van der Waals surface area contributed by atoms with Gasteiger partial charge in [-0.3, -0.25) is 10.1 Å². The summed E-state index contributed by atoms with van der Waals surface area (Å²) in [7, 11) is 0. The van der Waals surface area contributed by atoms with Crippen molar-refractivity contribution >= 4 is 11.9 Å². The summed E-state index contributed by atoms with van der Waals surface area (Å²) < 4.78 is 51.6. The molecular weight excluding hydrogens is 475 g/mol. The molecular formula is C26H16F3N3O4. The minimum Gasteiger partial charge on any atom is -0.459 e. The van der Waals surface area contributed by atoms with Crippen LogP contribution in [0.3, 0.4) is 0 Å². The minimum atomic E-state index is -4.73. The van der Waals surface area contributed by atoms with Gasteiger partial charge >= 0.3 is 12.4 Å². The molecule has 0 radical (unpaired) electrons. The van der Waals surface area contributed by atoms with Gasteiger partial charge in [0, 0.05) is 5.56 Å². The summed E-state index contributed by atoms with van der Waals surface area (Å²) >= 11 is 0. The molecule has 1 amide bonds. The zero-order valence-corrected chi connectivity index (χ0v) is 18.3. The highest BCUT2D eigenvalue weighted by Crippen LogP contribution is 2.29. The number of carbonyl (C=O) groups is 1. The highest BCUT2D eigenvalue weighted by molar-refractivity contribution is 6.03. The predicted molar refractivity (Wildman–Crippen MR) is 124 cm³/mol. The zero-order chi connectivity index (χ0) is 25.1. The molecule has 0 saturated heterocycles. The van der Waals surface area contributed by atoms with E-state index in [2.05, 4.69) is 20.3 Å². The van der Waals surface area contributed by atoms with Crippen LogP contribution in [0.4, 0.5) is 19.2 Å². The van der Waals surface area contributed by atoms with Gasteiger partial charge in [0.15, 0.2) is 5.76 Å². The number of halogens is 3. The Morgan fingerprint density at radius 3 is 2.11 bits per heavy atom. The van der Waals surface area contributed by atoms with Crippen LogP contribution in [0.5, 0.6) is 5.75 Å². The van der Waals surface area contributed by atoms with Crippen LogP contribution in [0.2, 0.25) is 0 Å². The third kappa shape index (κ3) is 5.27. The lowest BCUT2D eigenvalue weighted by Gasteiger charge is -2.10. The van der Waals surface area contributed by atoms with Gasteiger partial charge in [-0.1, -0.05) is 53.6 Å². The number of ether oxygens (including phenoxy) is 1. The number of benzene rings is 3. The van der Waals surface area contributed by atoms with Crippen molar-refractivity contribution in [1.29, 1.82) is 0 Å². The van der Waals surface area contributed by atoms with E-state index in [-0.39, 0.29) is 17.7 Å². The maximum Gasteiger partial charge on any atom is 0.573 e. The summed E-state index contributed by atoms with van der Waals surface area (Å²) in [6, 6.07) is 23.3. The molecule has 0 saturated carbocycles. The molecule has 0 aliphatic rings. The number of nitrogens with zero attached hydrogens (tertiary/aromatic N) is 2. The monoisotopic (exact) mass is 491 g/mol. The van der Waals surface area contributed by atoms with Crippen molar-refractivity contribution in [2.24, 2.45) is 0 Å². The molecule has 0 aliphatic heterocycles. The lowest BCUT2D eigenvalue weighted by Crippen LogP contribution is -2.16. The molecule has 0 aliphatic carbocycles. The van der Waals surface area contributed by atoms with E-state index in [1.807, 2.05) is 30.3 Å². The molecule has 1 N–H and O–H groups in total. The zero-order valence-electron chi connectivity index (χ0n) is 18.3. The van der Waals surface area contributed by atoms with Gasteiger partial charge in [0.1, 0.15) is 5.75 Å². The van der Waals surface area contributed by atoms with Crippen molar-refractivity contribution in [2.45, 2.75) is 6.36 Å². The van der Waals surface area contributed by atoms with Crippen molar-refractivity contribution < 1.29 is 31.5 Å². The fraction of sp³-hybridized carbons (Fsp3) is 0.0385. The molecule has 3 aromatic carbocycles. The standard InChI is InChI=1S/C26H16F3N3O4/c27-26(28,29)36-21-12-10-17(11-13-21)16-6-8-18(9-7-16)19-3-1-4-20(15-19)23(33)30-25-32-31-24(35-25)22-5-2-14-34-22/h1-15H,(H,30,32,33). The molecule has 2 aromatic heterocycles. The number of aromatic nitrogens is 2. The van der Waals surface area contributed by atoms with Gasteiger partial charge in [-0.2, -0.15) is 0 Å². The van der Waals surface area contributed by atoms with Gasteiger partial charge in [0.25, 0.3) is 11.8 Å². The molecule has 36 heavy (non-hydrogen) atoms. The lowest BCUT2D eigenvalue weighted by atomic mass is 9.99. The number of furan rings is 1. The van der Waals surface area contributed by atoms with Crippen LogP contribution >= 0.6 is 0 Å². The molecule has 5 rings (SSSR count). The van der Waals surface area contributed by atoms with Crippen molar-refractivity contribution in [3.05, 3.63) is 96.8 Å². The van der Waals surface area contributed by atoms with Crippen molar-refractivity contribution in [3.63, 3.8) is 0 Å². The summed E-state index contributed by atoms with van der Waals surface area (Å²) in [5, 5.41) is 10.2. The predicted octanol–water partition coefficient (Wildman–Crippen LogP) is 6.81. The van der Waals surface area contributed by atoms with Gasteiger partial charge in [0.05, 0.1) is 6.26 Å². The van der Waals surface area contributed by atoms with Crippen molar-refractivity contribution in [2.75, 3.05) is 5.32 Å². The van der Waals surface area contributed by atoms with Crippen molar-refractivity contribution in [1.82, 2.24) is 10.2 Å². The number of nitrogens with one attached hydrogen (secondary N) is 1. The van der Waals surface area contributed by atoms with Crippen LogP contribution in [-0.4, -0.2) is 22.5 Å². The van der Waals surface area contributed by atoms with E-state index in [4.69, 9.17) is 8.83 Å². The molecule has 5 aromatic rings. The molecule has 2 heterocycles. The number of hydrogen-bond donors (Lipinski definition) is 1. The normalized spacial score (nSPS) is 11.3. The summed E-state index contributed by atoms with van der Waals surface area (Å²) in [5.41, 5.74) is 3.58. The van der Waals surface area contributed by atoms with E-state index in [9.17, 15) is 18.0 Å². The van der Waals surface area contributed by atoms with Gasteiger partial charge in [-0.05, 0) is 58.7 Å². The smallest absolute Gasteiger partial charge is 0.459 e. The Labute approximate surface area is 202 Å². The Hall–Kier alpha value is -4.86. The van der Waals surface area contributed by atoms with Gasteiger partial charge in [0.2, 0.25) is 0 Å². The second kappa shape index (κ2) is 9.41. The highest BCUT2D eigenvalue weighted by Gasteiger charge is 2.31. The minimum absolute atomic E-state index is 0.0622. The largest absolute Gasteiger partial charge is 0.573 e. The number of alkyl halides is 3. The maximum absolute atomic E-state index is 12.7. The quantitative estimate of drug-likeness (QED) is 0.281. The molecule has 180 valence electrons. The second-order valence-electron chi connectivity index (χ2n) is 7.57. The lowest BCUT2D eigenvalue weighted by molar-refractivity contribution is -0.274. The van der Waals surface area contributed by atoms with Crippen LogP contribution in [-0.2, 0) is 0 Å². The molecule has 7 nitrogen and oxygen atoms in total. The van der Waals surface area contributed by atoms with Crippen LogP contribution < -0.4 is 10.1 Å². The van der Waals surface area contributed by atoms with E-state index in [1.165, 1.54) is 18.4 Å². The molecule has 0 unspecified atom stereocenters. The first-order valence-electron chi connectivity index (χ1n) is 10.6. The second-order valence-corrected chi connectivity index (χ2v) is 7.57. The molecule has 10 heteroatoms. The maximum atomic E-state index is 12.7. The van der Waals surface area contributed by atoms with Gasteiger partial charge in [-0.25, -0.2) is 0 Å². The van der Waals surface area contributed by atoms with E-state index >= 15 is 0 Å². The number of carbonyl (C=O) groups excluding carboxylic acids is 1. The first kappa shape index (κ1) is 22.9. The molecule has 0 spiro atoms. The van der Waals surface area contributed by atoms with Crippen molar-refractivity contribution in [3.8, 4) is 39.7 Å². The summed E-state index contributed by atoms with van der Waals surface area (Å²) in [6.45, 7) is 0. The van der Waals surface area contributed by atoms with E-state index in [0.29, 0.717) is 11.3 Å². The average molecular weight is 491 g/mol. The van der Waals surface area contributed by atoms with E-state index < -0.39 is 12.3 Å². The third-order valence-corrected chi connectivity index (χ3v) is 5.14. The van der Waals surface area contributed by atoms with Gasteiger partial charge in [-0.15, -0.1) is 18.3 Å². The van der Waals surface area contributed by atoms with E-state index in [0.717, 1.165) is 22.3 Å². The summed E-state index contributed by atoms with van der Waals surface area (Å²) in [6.07, 6.45) is -3.26. The SMILES string of the molecule is O=C(Nc1nnc(-c2ccco2)o1)c1cccc(-c2ccc(-c3ccc(OC(F)(F)F)cc3)cc2)c1. The number of amides is 1.